The predicted octanol–water partition coefficient (Wildman–Crippen LogP) is 2.84. The molecule has 0 amide bonds. The molecule has 1 unspecified atom stereocenters. The number of hydrogen-bond acceptors (Lipinski definition) is 2. The molecule has 1 rings (SSSR count). The minimum Gasteiger partial charge on any atom is -0.481 e. The summed E-state index contributed by atoms with van der Waals surface area (Å²) in [6.07, 6.45) is 0.123. The summed E-state index contributed by atoms with van der Waals surface area (Å²) in [4.78, 5) is 10.7. The zero-order chi connectivity index (χ0) is 11.3. The average Bonchev–Trinajstić information content (AvgIpc) is 2.17. The SMILES string of the molecule is O=C(O)CC(CNI)c1ccc(Cl)cc1. The number of nitrogens with one attached hydrogen (secondary N) is 1. The van der Waals surface area contributed by atoms with Crippen LogP contribution in [0.3, 0.4) is 0 Å². The quantitative estimate of drug-likeness (QED) is 0.641. The van der Waals surface area contributed by atoms with Gasteiger partial charge in [-0.2, -0.15) is 0 Å². The molecule has 0 aliphatic heterocycles. The molecular weight excluding hydrogens is 328 g/mol. The summed E-state index contributed by atoms with van der Waals surface area (Å²) < 4.78 is 2.96. The first-order valence-electron chi connectivity index (χ1n) is 4.44. The van der Waals surface area contributed by atoms with Gasteiger partial charge in [0, 0.05) is 40.3 Å². The van der Waals surface area contributed by atoms with E-state index < -0.39 is 5.97 Å². The van der Waals surface area contributed by atoms with Crippen LogP contribution in [0.2, 0.25) is 5.02 Å². The van der Waals surface area contributed by atoms with E-state index in [4.69, 9.17) is 16.7 Å². The molecule has 82 valence electrons. The lowest BCUT2D eigenvalue weighted by atomic mass is 9.96. The highest BCUT2D eigenvalue weighted by atomic mass is 127. The van der Waals surface area contributed by atoms with E-state index in [-0.39, 0.29) is 12.3 Å². The Bertz CT molecular complexity index is 329. The summed E-state index contributed by atoms with van der Waals surface area (Å²) in [5.74, 6) is -0.807. The Morgan fingerprint density at radius 2 is 2.07 bits per heavy atom. The molecule has 2 N–H and O–H groups in total. The molecule has 15 heavy (non-hydrogen) atoms. The number of carbonyl (C=O) groups is 1. The zero-order valence-corrected chi connectivity index (χ0v) is 10.8. The van der Waals surface area contributed by atoms with Gasteiger partial charge in [-0.25, -0.2) is 0 Å². The van der Waals surface area contributed by atoms with Crippen molar-refractivity contribution in [2.75, 3.05) is 6.54 Å². The largest absolute Gasteiger partial charge is 0.481 e. The van der Waals surface area contributed by atoms with Crippen molar-refractivity contribution in [3.8, 4) is 0 Å². The molecule has 0 aromatic heterocycles. The van der Waals surface area contributed by atoms with E-state index in [0.29, 0.717) is 11.6 Å². The molecule has 0 spiro atoms. The van der Waals surface area contributed by atoms with Gasteiger partial charge < -0.3 is 5.11 Å². The monoisotopic (exact) mass is 339 g/mol. The third-order valence-electron chi connectivity index (χ3n) is 2.09. The number of hydrogen-bond donors (Lipinski definition) is 2. The summed E-state index contributed by atoms with van der Waals surface area (Å²) in [5.41, 5.74) is 0.992. The molecule has 0 bridgehead atoms. The maximum atomic E-state index is 10.7. The van der Waals surface area contributed by atoms with Crippen LogP contribution in [0.1, 0.15) is 17.9 Å². The first-order chi connectivity index (χ1) is 7.13. The van der Waals surface area contributed by atoms with Gasteiger partial charge in [0.05, 0.1) is 6.42 Å². The molecule has 0 heterocycles. The molecule has 0 aliphatic rings. The Kier molecular flexibility index (Phi) is 5.35. The Hall–Kier alpha value is -0.330. The molecule has 5 heteroatoms. The van der Waals surface area contributed by atoms with E-state index in [9.17, 15) is 4.79 Å². The van der Waals surface area contributed by atoms with Crippen molar-refractivity contribution >= 4 is 40.4 Å². The standard InChI is InChI=1S/C10H11ClINO2/c11-9-3-1-7(2-4-9)8(6-13-12)5-10(14)15/h1-4,8,13H,5-6H2,(H,14,15). The van der Waals surface area contributed by atoms with Crippen molar-refractivity contribution in [3.63, 3.8) is 0 Å². The maximum Gasteiger partial charge on any atom is 0.304 e. The second-order valence-electron chi connectivity index (χ2n) is 3.18. The summed E-state index contributed by atoms with van der Waals surface area (Å²) in [6, 6.07) is 7.28. The molecule has 0 aliphatic carbocycles. The fourth-order valence-corrected chi connectivity index (χ4v) is 2.00. The van der Waals surface area contributed by atoms with E-state index in [1.54, 1.807) is 12.1 Å². The molecule has 1 atom stereocenters. The Labute approximate surface area is 107 Å². The number of carboxylic acid groups (broad SMARTS) is 1. The van der Waals surface area contributed by atoms with E-state index in [1.807, 2.05) is 35.0 Å². The molecule has 0 saturated carbocycles. The highest BCUT2D eigenvalue weighted by molar-refractivity contribution is 14.1. The molecular formula is C10H11ClINO2. The van der Waals surface area contributed by atoms with Gasteiger partial charge in [0.25, 0.3) is 0 Å². The van der Waals surface area contributed by atoms with Crippen LogP contribution in [0.4, 0.5) is 0 Å². The summed E-state index contributed by atoms with van der Waals surface area (Å²) in [7, 11) is 0. The first-order valence-corrected chi connectivity index (χ1v) is 5.90. The third-order valence-corrected chi connectivity index (χ3v) is 2.78. The highest BCUT2D eigenvalue weighted by Gasteiger charge is 2.14. The fraction of sp³-hybridized carbons (Fsp3) is 0.300. The number of aliphatic carboxylic acids is 1. The smallest absolute Gasteiger partial charge is 0.304 e. The van der Waals surface area contributed by atoms with Crippen LogP contribution in [0.25, 0.3) is 0 Å². The summed E-state index contributed by atoms with van der Waals surface area (Å²) >= 11 is 7.78. The van der Waals surface area contributed by atoms with Crippen LogP contribution in [0.5, 0.6) is 0 Å². The Morgan fingerprint density at radius 1 is 1.47 bits per heavy atom. The van der Waals surface area contributed by atoms with E-state index >= 15 is 0 Å². The van der Waals surface area contributed by atoms with Crippen molar-refractivity contribution in [1.29, 1.82) is 0 Å². The highest BCUT2D eigenvalue weighted by Crippen LogP contribution is 2.21. The molecule has 0 radical (unpaired) electrons. The van der Waals surface area contributed by atoms with E-state index in [1.165, 1.54) is 0 Å². The second kappa shape index (κ2) is 6.30. The molecule has 0 fully saturated rings. The van der Waals surface area contributed by atoms with Crippen molar-refractivity contribution in [2.24, 2.45) is 0 Å². The number of carboxylic acids is 1. The number of benzene rings is 1. The van der Waals surface area contributed by atoms with Gasteiger partial charge in [-0.05, 0) is 17.7 Å². The lowest BCUT2D eigenvalue weighted by molar-refractivity contribution is -0.137. The average molecular weight is 340 g/mol. The number of rotatable bonds is 5. The second-order valence-corrected chi connectivity index (χ2v) is 4.38. The Morgan fingerprint density at radius 3 is 2.53 bits per heavy atom. The fourth-order valence-electron chi connectivity index (χ4n) is 1.35. The van der Waals surface area contributed by atoms with Gasteiger partial charge in [0.2, 0.25) is 0 Å². The zero-order valence-electron chi connectivity index (χ0n) is 7.91. The van der Waals surface area contributed by atoms with E-state index in [0.717, 1.165) is 5.56 Å². The van der Waals surface area contributed by atoms with Crippen LogP contribution in [0.15, 0.2) is 24.3 Å². The van der Waals surface area contributed by atoms with Crippen LogP contribution >= 0.6 is 34.5 Å². The lowest BCUT2D eigenvalue weighted by Crippen LogP contribution is -2.16. The minimum atomic E-state index is -0.790. The van der Waals surface area contributed by atoms with Crippen LogP contribution in [-0.4, -0.2) is 17.6 Å². The lowest BCUT2D eigenvalue weighted by Gasteiger charge is -2.13. The normalized spacial score (nSPS) is 12.4. The molecule has 1 aromatic rings. The minimum absolute atomic E-state index is 0.0170. The molecule has 0 saturated heterocycles. The van der Waals surface area contributed by atoms with Gasteiger partial charge >= 0.3 is 5.97 Å². The van der Waals surface area contributed by atoms with Gasteiger partial charge in [-0.15, -0.1) is 0 Å². The van der Waals surface area contributed by atoms with Crippen LogP contribution in [0, 0.1) is 0 Å². The van der Waals surface area contributed by atoms with Gasteiger partial charge in [0.15, 0.2) is 0 Å². The van der Waals surface area contributed by atoms with Crippen molar-refractivity contribution in [1.82, 2.24) is 3.53 Å². The van der Waals surface area contributed by atoms with Crippen LogP contribution < -0.4 is 3.53 Å². The number of halogens is 2. The van der Waals surface area contributed by atoms with Gasteiger partial charge in [-0.1, -0.05) is 23.7 Å². The van der Waals surface area contributed by atoms with Crippen molar-refractivity contribution in [2.45, 2.75) is 12.3 Å². The summed E-state index contributed by atoms with van der Waals surface area (Å²) in [5, 5.41) is 9.43. The van der Waals surface area contributed by atoms with Gasteiger partial charge in [0.1, 0.15) is 0 Å². The van der Waals surface area contributed by atoms with Crippen molar-refractivity contribution in [3.05, 3.63) is 34.9 Å². The molecule has 1 aromatic carbocycles. The van der Waals surface area contributed by atoms with E-state index in [2.05, 4.69) is 3.53 Å². The maximum absolute atomic E-state index is 10.7. The van der Waals surface area contributed by atoms with Crippen LogP contribution in [-0.2, 0) is 4.79 Å². The molecule has 3 nitrogen and oxygen atoms in total. The summed E-state index contributed by atoms with van der Waals surface area (Å²) in [6.45, 7) is 0.633. The predicted molar refractivity (Wildman–Crippen MR) is 68.5 cm³/mol. The Balaban J connectivity index is 2.78. The third kappa shape index (κ3) is 4.36. The first kappa shape index (κ1) is 12.7. The topological polar surface area (TPSA) is 49.3 Å². The van der Waals surface area contributed by atoms with Gasteiger partial charge in [-0.3, -0.25) is 8.32 Å². The van der Waals surface area contributed by atoms with Crippen molar-refractivity contribution < 1.29 is 9.90 Å².